The van der Waals surface area contributed by atoms with E-state index < -0.39 is 15.1 Å². The van der Waals surface area contributed by atoms with E-state index in [1.807, 2.05) is 26.0 Å². The highest BCUT2D eigenvalue weighted by Crippen LogP contribution is 2.40. The molecule has 1 aliphatic carbocycles. The summed E-state index contributed by atoms with van der Waals surface area (Å²) in [5.41, 5.74) is 2.53. The fraction of sp³-hybridized carbons (Fsp3) is 0.485. The molecule has 2 bridgehead atoms. The highest BCUT2D eigenvalue weighted by molar-refractivity contribution is 7.92. The van der Waals surface area contributed by atoms with Crippen molar-refractivity contribution in [1.82, 2.24) is 20.2 Å². The summed E-state index contributed by atoms with van der Waals surface area (Å²) in [6.07, 6.45) is 6.93. The van der Waals surface area contributed by atoms with Gasteiger partial charge in [-0.05, 0) is 102 Å². The lowest BCUT2D eigenvalue weighted by Crippen LogP contribution is -2.42. The van der Waals surface area contributed by atoms with Crippen molar-refractivity contribution in [3.63, 3.8) is 0 Å². The van der Waals surface area contributed by atoms with Gasteiger partial charge in [-0.3, -0.25) is 4.79 Å². The molecular weight excluding hydrogens is 612 g/mol. The number of carbonyl (C=O) groups is 1. The summed E-state index contributed by atoms with van der Waals surface area (Å²) in [6.45, 7) is 8.82. The zero-order valence-electron chi connectivity index (χ0n) is 26.1. The Morgan fingerprint density at radius 3 is 2.62 bits per heavy atom. The van der Waals surface area contributed by atoms with E-state index in [0.717, 1.165) is 24.9 Å². The molecule has 3 aromatic rings. The van der Waals surface area contributed by atoms with Crippen molar-refractivity contribution >= 4 is 50.5 Å². The highest BCUT2D eigenvalue weighted by atomic mass is 35.5. The van der Waals surface area contributed by atoms with Crippen molar-refractivity contribution in [3.8, 4) is 5.75 Å². The number of nitrogens with zero attached hydrogens (tertiary/aromatic N) is 3. The van der Waals surface area contributed by atoms with E-state index in [-0.39, 0.29) is 39.7 Å². The molecule has 6 rings (SSSR count). The SMILES string of the molecule is CC(C)Oc1cc2c(cc1Nc1ncc(Cl)c(Nc3ccccc3S(=O)(=O)C(C)C)n1)C(=O)N([C@H]1CC3CCNC(CC3)C1)C2. The second kappa shape index (κ2) is 12.8. The maximum absolute atomic E-state index is 13.9. The Balaban J connectivity index is 1.28. The Morgan fingerprint density at radius 1 is 1.04 bits per heavy atom. The molecule has 45 heavy (non-hydrogen) atoms. The minimum absolute atomic E-state index is 0.0384. The fourth-order valence-electron chi connectivity index (χ4n) is 6.62. The van der Waals surface area contributed by atoms with Gasteiger partial charge in [0.25, 0.3) is 5.91 Å². The number of hydrogen-bond donors (Lipinski definition) is 3. The minimum atomic E-state index is -3.57. The van der Waals surface area contributed by atoms with Crippen molar-refractivity contribution in [2.24, 2.45) is 5.92 Å². The van der Waals surface area contributed by atoms with Crippen LogP contribution in [0.1, 0.15) is 75.7 Å². The number of sulfone groups is 1. The zero-order chi connectivity index (χ0) is 31.9. The summed E-state index contributed by atoms with van der Waals surface area (Å²) in [5.74, 6) is 1.73. The number of amides is 1. The first-order chi connectivity index (χ1) is 21.5. The predicted octanol–water partition coefficient (Wildman–Crippen LogP) is 6.46. The largest absolute Gasteiger partial charge is 0.489 e. The van der Waals surface area contributed by atoms with E-state index in [2.05, 4.69) is 30.8 Å². The van der Waals surface area contributed by atoms with E-state index in [0.29, 0.717) is 41.2 Å². The van der Waals surface area contributed by atoms with E-state index in [9.17, 15) is 13.2 Å². The zero-order valence-corrected chi connectivity index (χ0v) is 27.7. The number of benzene rings is 2. The maximum Gasteiger partial charge on any atom is 0.254 e. The van der Waals surface area contributed by atoms with Gasteiger partial charge in [-0.15, -0.1) is 0 Å². The summed E-state index contributed by atoms with van der Waals surface area (Å²) in [5, 5.41) is 9.63. The molecule has 2 aromatic carbocycles. The first-order valence-electron chi connectivity index (χ1n) is 15.8. The molecule has 1 saturated carbocycles. The average molecular weight is 653 g/mol. The maximum atomic E-state index is 13.9. The summed E-state index contributed by atoms with van der Waals surface area (Å²) >= 11 is 6.47. The second-order valence-corrected chi connectivity index (χ2v) is 15.7. The Bertz CT molecular complexity index is 1680. The molecule has 2 fully saturated rings. The molecule has 3 heterocycles. The molecule has 1 amide bonds. The van der Waals surface area contributed by atoms with Gasteiger partial charge >= 0.3 is 0 Å². The molecule has 2 aliphatic heterocycles. The standard InChI is InChI=1S/C33H41ClN6O4S/c1-19(2)44-29-14-22-18-40(24-13-21-9-10-23(15-24)35-12-11-21)32(41)25(22)16-28(29)38-33-36-17-26(34)31(39-33)37-27-7-5-6-8-30(27)45(42,43)20(3)4/h5-8,14,16-17,19-21,23-24,35H,9-13,15,18H2,1-4H3,(H2,36,37,38,39)/t21?,23?,24-/m0/s1. The van der Waals surface area contributed by atoms with Gasteiger partial charge in [-0.2, -0.15) is 4.98 Å². The minimum Gasteiger partial charge on any atom is -0.489 e. The number of para-hydroxylation sites is 1. The summed E-state index contributed by atoms with van der Waals surface area (Å²) < 4.78 is 32.2. The molecule has 3 N–H and O–H groups in total. The van der Waals surface area contributed by atoms with Gasteiger partial charge in [-0.1, -0.05) is 23.7 Å². The lowest BCUT2D eigenvalue weighted by atomic mass is 9.93. The fourth-order valence-corrected chi connectivity index (χ4v) is 7.96. The second-order valence-electron chi connectivity index (χ2n) is 12.8. The van der Waals surface area contributed by atoms with E-state index >= 15 is 0 Å². The van der Waals surface area contributed by atoms with Crippen molar-refractivity contribution in [1.29, 1.82) is 0 Å². The molecule has 1 aromatic heterocycles. The predicted molar refractivity (Wildman–Crippen MR) is 177 cm³/mol. The van der Waals surface area contributed by atoms with Crippen LogP contribution in [0.5, 0.6) is 5.75 Å². The van der Waals surface area contributed by atoms with Crippen molar-refractivity contribution in [2.75, 3.05) is 17.2 Å². The number of anilines is 4. The quantitative estimate of drug-likeness (QED) is 0.239. The summed E-state index contributed by atoms with van der Waals surface area (Å²) in [6, 6.07) is 11.1. The smallest absolute Gasteiger partial charge is 0.254 e. The van der Waals surface area contributed by atoms with Crippen molar-refractivity contribution in [2.45, 2.75) is 94.7 Å². The molecule has 12 heteroatoms. The number of carbonyl (C=O) groups excluding carboxylic acids is 1. The number of halogens is 1. The van der Waals surface area contributed by atoms with Crippen LogP contribution in [-0.2, 0) is 16.4 Å². The van der Waals surface area contributed by atoms with Crippen LogP contribution in [0.4, 0.5) is 23.1 Å². The third-order valence-corrected chi connectivity index (χ3v) is 11.5. The van der Waals surface area contributed by atoms with E-state index in [4.69, 9.17) is 16.3 Å². The van der Waals surface area contributed by atoms with Crippen LogP contribution in [0, 0.1) is 5.92 Å². The molecule has 1 saturated heterocycles. The molecule has 3 aliphatic rings. The van der Waals surface area contributed by atoms with Crippen LogP contribution in [0.15, 0.2) is 47.5 Å². The first kappa shape index (κ1) is 31.6. The Morgan fingerprint density at radius 2 is 1.84 bits per heavy atom. The van der Waals surface area contributed by atoms with Crippen LogP contribution in [0.2, 0.25) is 5.02 Å². The molecule has 2 unspecified atom stereocenters. The lowest BCUT2D eigenvalue weighted by Gasteiger charge is -2.32. The van der Waals surface area contributed by atoms with Crippen molar-refractivity contribution < 1.29 is 17.9 Å². The van der Waals surface area contributed by atoms with E-state index in [1.54, 1.807) is 38.1 Å². The molecule has 0 radical (unpaired) electrons. The average Bonchev–Trinajstić information content (AvgIpc) is 3.14. The number of ether oxygens (including phenoxy) is 1. The van der Waals surface area contributed by atoms with Gasteiger partial charge in [0.15, 0.2) is 15.7 Å². The summed E-state index contributed by atoms with van der Waals surface area (Å²) in [4.78, 5) is 25.0. The number of aromatic nitrogens is 2. The van der Waals surface area contributed by atoms with Crippen molar-refractivity contribution in [3.05, 3.63) is 58.7 Å². The Labute approximate surface area is 270 Å². The van der Waals surface area contributed by atoms with Crippen LogP contribution < -0.4 is 20.7 Å². The first-order valence-corrected chi connectivity index (χ1v) is 17.7. The van der Waals surface area contributed by atoms with Crippen LogP contribution in [0.3, 0.4) is 0 Å². The van der Waals surface area contributed by atoms with Gasteiger partial charge in [0, 0.05) is 24.2 Å². The molecule has 240 valence electrons. The molecule has 10 nitrogen and oxygen atoms in total. The van der Waals surface area contributed by atoms with Crippen LogP contribution >= 0.6 is 11.6 Å². The van der Waals surface area contributed by atoms with Gasteiger partial charge in [0.05, 0.1) is 33.8 Å². The number of nitrogens with one attached hydrogen (secondary N) is 3. The lowest BCUT2D eigenvalue weighted by molar-refractivity contribution is 0.0655. The molecular formula is C33H41ClN6O4S. The van der Waals surface area contributed by atoms with Crippen LogP contribution in [0.25, 0.3) is 0 Å². The number of fused-ring (bicyclic) bond motifs is 4. The number of hydrogen-bond acceptors (Lipinski definition) is 9. The van der Waals surface area contributed by atoms with Gasteiger partial charge in [-0.25, -0.2) is 13.4 Å². The van der Waals surface area contributed by atoms with Gasteiger partial charge < -0.3 is 25.6 Å². The monoisotopic (exact) mass is 652 g/mol. The van der Waals surface area contributed by atoms with E-state index in [1.165, 1.54) is 25.5 Å². The van der Waals surface area contributed by atoms with Crippen LogP contribution in [-0.4, -0.2) is 59.2 Å². The van der Waals surface area contributed by atoms with Gasteiger partial charge in [0.1, 0.15) is 10.8 Å². The normalized spacial score (nSPS) is 21.5. The molecule has 0 spiro atoms. The van der Waals surface area contributed by atoms with Gasteiger partial charge in [0.2, 0.25) is 5.95 Å². The third-order valence-electron chi connectivity index (χ3n) is 8.97. The third kappa shape index (κ3) is 6.62. The highest BCUT2D eigenvalue weighted by Gasteiger charge is 2.38. The molecule has 3 atom stereocenters. The summed E-state index contributed by atoms with van der Waals surface area (Å²) in [7, 11) is -3.57. The topological polar surface area (TPSA) is 126 Å². The number of rotatable bonds is 9. The Kier molecular flexibility index (Phi) is 8.96. The Hall–Kier alpha value is -3.41.